The van der Waals surface area contributed by atoms with Crippen molar-refractivity contribution in [3.05, 3.63) is 59.4 Å². The first-order valence-corrected chi connectivity index (χ1v) is 6.52. The van der Waals surface area contributed by atoms with E-state index in [0.717, 1.165) is 17.0 Å². The summed E-state index contributed by atoms with van der Waals surface area (Å²) in [7, 11) is 1.95. The van der Waals surface area contributed by atoms with Crippen molar-refractivity contribution in [2.24, 2.45) is 0 Å². The largest absolute Gasteiger partial charge is 0.487 e. The van der Waals surface area contributed by atoms with Crippen molar-refractivity contribution in [3.8, 4) is 5.75 Å². The van der Waals surface area contributed by atoms with Crippen molar-refractivity contribution in [1.82, 2.24) is 10.3 Å². The summed E-state index contributed by atoms with van der Waals surface area (Å²) in [5.74, 6) is 0.911. The van der Waals surface area contributed by atoms with E-state index in [1.165, 1.54) is 5.56 Å². The van der Waals surface area contributed by atoms with E-state index in [4.69, 9.17) is 4.74 Å². The first-order valence-electron chi connectivity index (χ1n) is 6.52. The maximum Gasteiger partial charge on any atom is 0.130 e. The van der Waals surface area contributed by atoms with Gasteiger partial charge in [0.15, 0.2) is 0 Å². The summed E-state index contributed by atoms with van der Waals surface area (Å²) < 4.78 is 5.92. The molecule has 0 aliphatic heterocycles. The van der Waals surface area contributed by atoms with E-state index in [1.807, 2.05) is 44.3 Å². The quantitative estimate of drug-likeness (QED) is 0.891. The first-order chi connectivity index (χ1) is 9.22. The Morgan fingerprint density at radius 3 is 2.74 bits per heavy atom. The molecule has 0 aliphatic carbocycles. The monoisotopic (exact) mass is 256 g/mol. The van der Waals surface area contributed by atoms with Crippen LogP contribution in [0.1, 0.15) is 29.8 Å². The molecule has 1 aromatic heterocycles. The molecule has 1 heterocycles. The Hall–Kier alpha value is -1.87. The zero-order chi connectivity index (χ0) is 13.7. The molecule has 3 nitrogen and oxygen atoms in total. The Balaban J connectivity index is 2.14. The normalized spacial score (nSPS) is 12.2. The molecule has 0 amide bonds. The number of aromatic nitrogens is 1. The maximum absolute atomic E-state index is 5.92. The summed E-state index contributed by atoms with van der Waals surface area (Å²) in [5.41, 5.74) is 3.30. The van der Waals surface area contributed by atoms with Crippen molar-refractivity contribution < 1.29 is 4.74 Å². The molecule has 2 aromatic rings. The predicted octanol–water partition coefficient (Wildman–Crippen LogP) is 3.25. The van der Waals surface area contributed by atoms with Crippen LogP contribution >= 0.6 is 0 Å². The number of pyridine rings is 1. The highest BCUT2D eigenvalue weighted by atomic mass is 16.5. The second-order valence-corrected chi connectivity index (χ2v) is 4.60. The Kier molecular flexibility index (Phi) is 4.53. The lowest BCUT2D eigenvalue weighted by molar-refractivity contribution is 0.294. The van der Waals surface area contributed by atoms with Crippen LogP contribution in [-0.4, -0.2) is 12.0 Å². The van der Waals surface area contributed by atoms with Crippen molar-refractivity contribution in [3.63, 3.8) is 0 Å². The number of aryl methyl sites for hydroxylation is 1. The molecular formula is C16H20N2O. The van der Waals surface area contributed by atoms with Gasteiger partial charge >= 0.3 is 0 Å². The third-order valence-corrected chi connectivity index (χ3v) is 3.30. The molecule has 3 heteroatoms. The molecule has 0 spiro atoms. The molecular weight excluding hydrogens is 236 g/mol. The molecule has 0 bridgehead atoms. The zero-order valence-electron chi connectivity index (χ0n) is 11.7. The van der Waals surface area contributed by atoms with Gasteiger partial charge in [-0.25, -0.2) is 0 Å². The van der Waals surface area contributed by atoms with E-state index in [-0.39, 0.29) is 6.04 Å². The highest BCUT2D eigenvalue weighted by Gasteiger charge is 2.09. The molecule has 0 saturated heterocycles. The van der Waals surface area contributed by atoms with E-state index < -0.39 is 0 Å². The van der Waals surface area contributed by atoms with Crippen LogP contribution in [0, 0.1) is 6.92 Å². The van der Waals surface area contributed by atoms with Crippen LogP contribution in [-0.2, 0) is 6.61 Å². The molecule has 1 atom stereocenters. The van der Waals surface area contributed by atoms with E-state index in [1.54, 1.807) is 6.20 Å². The van der Waals surface area contributed by atoms with Crippen molar-refractivity contribution in [1.29, 1.82) is 0 Å². The summed E-state index contributed by atoms with van der Waals surface area (Å²) in [5, 5.41) is 3.24. The summed E-state index contributed by atoms with van der Waals surface area (Å²) in [6.45, 7) is 4.67. The minimum atomic E-state index is 0.265. The zero-order valence-corrected chi connectivity index (χ0v) is 11.7. The van der Waals surface area contributed by atoms with Gasteiger partial charge in [-0.15, -0.1) is 0 Å². The molecule has 1 N–H and O–H groups in total. The molecule has 0 radical (unpaired) electrons. The summed E-state index contributed by atoms with van der Waals surface area (Å²) in [6.07, 6.45) is 1.80. The number of nitrogens with one attached hydrogen (secondary N) is 1. The number of ether oxygens (including phenoxy) is 1. The smallest absolute Gasteiger partial charge is 0.130 e. The molecule has 0 aliphatic rings. The van der Waals surface area contributed by atoms with Gasteiger partial charge in [0.1, 0.15) is 12.4 Å². The number of nitrogens with zero attached hydrogens (tertiary/aromatic N) is 1. The molecule has 0 saturated carbocycles. The fraction of sp³-hybridized carbons (Fsp3) is 0.312. The lowest BCUT2D eigenvalue weighted by Gasteiger charge is -2.16. The van der Waals surface area contributed by atoms with Gasteiger partial charge in [0.05, 0.1) is 5.69 Å². The lowest BCUT2D eigenvalue weighted by Crippen LogP contribution is -2.14. The second kappa shape index (κ2) is 6.34. The van der Waals surface area contributed by atoms with Gasteiger partial charge in [0, 0.05) is 17.8 Å². The molecule has 100 valence electrons. The summed E-state index contributed by atoms with van der Waals surface area (Å²) in [4.78, 5) is 4.35. The Morgan fingerprint density at radius 1 is 1.21 bits per heavy atom. The number of benzene rings is 1. The van der Waals surface area contributed by atoms with Crippen LogP contribution < -0.4 is 10.1 Å². The minimum Gasteiger partial charge on any atom is -0.487 e. The Labute approximate surface area is 114 Å². The van der Waals surface area contributed by atoms with Crippen LogP contribution in [0.2, 0.25) is 0 Å². The third-order valence-electron chi connectivity index (χ3n) is 3.30. The molecule has 2 rings (SSSR count). The van der Waals surface area contributed by atoms with Crippen LogP contribution in [0.25, 0.3) is 0 Å². The number of hydrogen-bond donors (Lipinski definition) is 1. The van der Waals surface area contributed by atoms with E-state index in [9.17, 15) is 0 Å². The van der Waals surface area contributed by atoms with E-state index >= 15 is 0 Å². The van der Waals surface area contributed by atoms with Gasteiger partial charge in [0.2, 0.25) is 0 Å². The SMILES string of the molecule is CNC(C)c1ccccc1OCc1ncccc1C. The van der Waals surface area contributed by atoms with E-state index in [0.29, 0.717) is 6.61 Å². The van der Waals surface area contributed by atoms with Crippen LogP contribution in [0.15, 0.2) is 42.6 Å². The average Bonchev–Trinajstić information content (AvgIpc) is 2.46. The Bertz CT molecular complexity index is 540. The van der Waals surface area contributed by atoms with Crippen LogP contribution in [0.4, 0.5) is 0 Å². The highest BCUT2D eigenvalue weighted by molar-refractivity contribution is 5.35. The standard InChI is InChI=1S/C16H20N2O/c1-12-7-6-10-18-15(12)11-19-16-9-5-4-8-14(16)13(2)17-3/h4-10,13,17H,11H2,1-3H3. The Morgan fingerprint density at radius 2 is 2.00 bits per heavy atom. The summed E-state index contributed by atoms with van der Waals surface area (Å²) in [6, 6.07) is 12.4. The highest BCUT2D eigenvalue weighted by Crippen LogP contribution is 2.25. The molecule has 1 unspecified atom stereocenters. The number of para-hydroxylation sites is 1. The minimum absolute atomic E-state index is 0.265. The molecule has 1 aromatic carbocycles. The van der Waals surface area contributed by atoms with Gasteiger partial charge in [-0.05, 0) is 38.6 Å². The number of rotatable bonds is 5. The fourth-order valence-electron chi connectivity index (χ4n) is 1.94. The lowest BCUT2D eigenvalue weighted by atomic mass is 10.1. The van der Waals surface area contributed by atoms with Gasteiger partial charge in [-0.1, -0.05) is 24.3 Å². The molecule has 19 heavy (non-hydrogen) atoms. The van der Waals surface area contributed by atoms with Crippen molar-refractivity contribution in [2.45, 2.75) is 26.5 Å². The topological polar surface area (TPSA) is 34.1 Å². The molecule has 0 fully saturated rings. The van der Waals surface area contributed by atoms with Crippen LogP contribution in [0.5, 0.6) is 5.75 Å². The first kappa shape index (κ1) is 13.6. The van der Waals surface area contributed by atoms with Crippen molar-refractivity contribution >= 4 is 0 Å². The van der Waals surface area contributed by atoms with Gasteiger partial charge < -0.3 is 10.1 Å². The van der Waals surface area contributed by atoms with Gasteiger partial charge in [0.25, 0.3) is 0 Å². The van der Waals surface area contributed by atoms with Gasteiger partial charge in [-0.2, -0.15) is 0 Å². The third kappa shape index (κ3) is 3.32. The number of hydrogen-bond acceptors (Lipinski definition) is 3. The van der Waals surface area contributed by atoms with E-state index in [2.05, 4.69) is 23.3 Å². The average molecular weight is 256 g/mol. The second-order valence-electron chi connectivity index (χ2n) is 4.60. The van der Waals surface area contributed by atoms with Gasteiger partial charge in [-0.3, -0.25) is 4.98 Å². The van der Waals surface area contributed by atoms with Crippen molar-refractivity contribution in [2.75, 3.05) is 7.05 Å². The predicted molar refractivity (Wildman–Crippen MR) is 77.2 cm³/mol. The maximum atomic E-state index is 5.92. The van der Waals surface area contributed by atoms with Crippen LogP contribution in [0.3, 0.4) is 0 Å². The fourth-order valence-corrected chi connectivity index (χ4v) is 1.94. The summed E-state index contributed by atoms with van der Waals surface area (Å²) >= 11 is 0.